The minimum atomic E-state index is -0.228. The standard InChI is InChI=1S/C13H17N3O2/c1-8-9(2)13(18)16(12(8)17)7-10-3-4-15-11(5-10)6-14/h3-5,8-9H,6-7,14H2,1-2H3. The number of nitrogens with zero attached hydrogens (tertiary/aromatic N) is 2. The Balaban J connectivity index is 2.18. The fourth-order valence-electron chi connectivity index (χ4n) is 2.10. The number of nitrogens with two attached hydrogens (primary N) is 1. The summed E-state index contributed by atoms with van der Waals surface area (Å²) in [6.45, 7) is 4.25. The van der Waals surface area contributed by atoms with Crippen LogP contribution < -0.4 is 5.73 Å². The van der Waals surface area contributed by atoms with Gasteiger partial charge in [0, 0.05) is 24.6 Å². The Labute approximate surface area is 106 Å². The molecule has 2 unspecified atom stereocenters. The number of aromatic nitrogens is 1. The normalized spacial score (nSPS) is 23.8. The molecule has 2 amide bonds. The van der Waals surface area contributed by atoms with E-state index in [1.807, 2.05) is 6.07 Å². The van der Waals surface area contributed by atoms with Crippen molar-refractivity contribution in [1.29, 1.82) is 0 Å². The third-order valence-electron chi connectivity index (χ3n) is 3.49. The second-order valence-electron chi connectivity index (χ2n) is 4.70. The first-order valence-corrected chi connectivity index (χ1v) is 6.03. The fourth-order valence-corrected chi connectivity index (χ4v) is 2.10. The maximum absolute atomic E-state index is 11.9. The molecule has 1 fully saturated rings. The molecule has 18 heavy (non-hydrogen) atoms. The predicted molar refractivity (Wildman–Crippen MR) is 66.0 cm³/mol. The zero-order valence-corrected chi connectivity index (χ0v) is 10.6. The molecule has 1 saturated heterocycles. The van der Waals surface area contributed by atoms with Gasteiger partial charge in [-0.25, -0.2) is 0 Å². The van der Waals surface area contributed by atoms with E-state index in [2.05, 4.69) is 4.98 Å². The molecule has 1 aromatic rings. The first-order valence-electron chi connectivity index (χ1n) is 6.03. The van der Waals surface area contributed by atoms with Gasteiger partial charge in [-0.2, -0.15) is 0 Å². The average molecular weight is 247 g/mol. The number of rotatable bonds is 3. The van der Waals surface area contributed by atoms with E-state index < -0.39 is 0 Å². The maximum atomic E-state index is 11.9. The number of pyridine rings is 1. The number of hydrogen-bond acceptors (Lipinski definition) is 4. The number of imide groups is 1. The van der Waals surface area contributed by atoms with Gasteiger partial charge in [0.05, 0.1) is 12.2 Å². The summed E-state index contributed by atoms with van der Waals surface area (Å²) >= 11 is 0. The Morgan fingerprint density at radius 2 is 1.89 bits per heavy atom. The molecule has 1 aliphatic heterocycles. The van der Waals surface area contributed by atoms with Gasteiger partial charge in [0.2, 0.25) is 11.8 Å². The van der Waals surface area contributed by atoms with Crippen molar-refractivity contribution in [2.75, 3.05) is 0 Å². The molecule has 0 radical (unpaired) electrons. The lowest BCUT2D eigenvalue weighted by molar-refractivity contribution is -0.140. The van der Waals surface area contributed by atoms with Gasteiger partial charge in [0.1, 0.15) is 0 Å². The lowest BCUT2D eigenvalue weighted by Gasteiger charge is -2.14. The highest BCUT2D eigenvalue weighted by Gasteiger charge is 2.41. The molecule has 5 heteroatoms. The summed E-state index contributed by atoms with van der Waals surface area (Å²) < 4.78 is 0. The SMILES string of the molecule is CC1C(=O)N(Cc2ccnc(CN)c2)C(=O)C1C. The molecular weight excluding hydrogens is 230 g/mol. The number of carbonyl (C=O) groups excluding carboxylic acids is 2. The molecule has 0 spiro atoms. The van der Waals surface area contributed by atoms with Gasteiger partial charge in [-0.3, -0.25) is 19.5 Å². The van der Waals surface area contributed by atoms with E-state index in [1.165, 1.54) is 4.90 Å². The molecule has 1 aliphatic rings. The lowest BCUT2D eigenvalue weighted by atomic mass is 10.00. The van der Waals surface area contributed by atoms with Gasteiger partial charge in [-0.15, -0.1) is 0 Å². The number of carbonyl (C=O) groups is 2. The zero-order valence-electron chi connectivity index (χ0n) is 10.6. The van der Waals surface area contributed by atoms with Crippen molar-refractivity contribution < 1.29 is 9.59 Å². The van der Waals surface area contributed by atoms with E-state index >= 15 is 0 Å². The topological polar surface area (TPSA) is 76.3 Å². The number of likely N-dealkylation sites (tertiary alicyclic amines) is 1. The van der Waals surface area contributed by atoms with Crippen molar-refractivity contribution >= 4 is 11.8 Å². The van der Waals surface area contributed by atoms with Gasteiger partial charge in [0.15, 0.2) is 0 Å². The summed E-state index contributed by atoms with van der Waals surface area (Å²) in [5.74, 6) is -0.654. The van der Waals surface area contributed by atoms with Crippen LogP contribution in [0.15, 0.2) is 18.3 Å². The second kappa shape index (κ2) is 4.86. The van der Waals surface area contributed by atoms with Crippen molar-refractivity contribution in [3.8, 4) is 0 Å². The summed E-state index contributed by atoms with van der Waals surface area (Å²) in [5, 5.41) is 0. The van der Waals surface area contributed by atoms with Crippen LogP contribution in [0.5, 0.6) is 0 Å². The van der Waals surface area contributed by atoms with Gasteiger partial charge >= 0.3 is 0 Å². The monoisotopic (exact) mass is 247 g/mol. The minimum Gasteiger partial charge on any atom is -0.325 e. The Kier molecular flexibility index (Phi) is 3.43. The van der Waals surface area contributed by atoms with Crippen molar-refractivity contribution in [3.05, 3.63) is 29.6 Å². The molecule has 0 bridgehead atoms. The van der Waals surface area contributed by atoms with Crippen LogP contribution in [0.25, 0.3) is 0 Å². The minimum absolute atomic E-state index is 0.0985. The molecule has 0 aliphatic carbocycles. The fraction of sp³-hybridized carbons (Fsp3) is 0.462. The Morgan fingerprint density at radius 3 is 2.44 bits per heavy atom. The summed E-state index contributed by atoms with van der Waals surface area (Å²) in [5.41, 5.74) is 7.16. The largest absolute Gasteiger partial charge is 0.325 e. The lowest BCUT2D eigenvalue weighted by Crippen LogP contribution is -2.30. The third-order valence-corrected chi connectivity index (χ3v) is 3.49. The van der Waals surface area contributed by atoms with Crippen molar-refractivity contribution in [2.45, 2.75) is 26.9 Å². The van der Waals surface area contributed by atoms with E-state index in [0.717, 1.165) is 11.3 Å². The van der Waals surface area contributed by atoms with Crippen LogP contribution in [0.2, 0.25) is 0 Å². The Bertz CT molecular complexity index is 467. The van der Waals surface area contributed by atoms with Gasteiger partial charge in [-0.1, -0.05) is 13.8 Å². The number of amides is 2. The molecule has 2 atom stereocenters. The van der Waals surface area contributed by atoms with E-state index in [4.69, 9.17) is 5.73 Å². The summed E-state index contributed by atoms with van der Waals surface area (Å²) in [6.07, 6.45) is 1.65. The summed E-state index contributed by atoms with van der Waals surface area (Å²) in [7, 11) is 0. The van der Waals surface area contributed by atoms with Crippen molar-refractivity contribution in [3.63, 3.8) is 0 Å². The van der Waals surface area contributed by atoms with Crippen LogP contribution in [0.4, 0.5) is 0 Å². The van der Waals surface area contributed by atoms with E-state index in [1.54, 1.807) is 26.1 Å². The van der Waals surface area contributed by atoms with Crippen LogP contribution >= 0.6 is 0 Å². The van der Waals surface area contributed by atoms with Gasteiger partial charge < -0.3 is 5.73 Å². The van der Waals surface area contributed by atoms with Crippen molar-refractivity contribution in [2.24, 2.45) is 17.6 Å². The van der Waals surface area contributed by atoms with Crippen LogP contribution in [0, 0.1) is 11.8 Å². The Hall–Kier alpha value is -1.75. The molecule has 2 heterocycles. The quantitative estimate of drug-likeness (QED) is 0.797. The average Bonchev–Trinajstić information content (AvgIpc) is 2.57. The third kappa shape index (κ3) is 2.13. The first kappa shape index (κ1) is 12.7. The summed E-state index contributed by atoms with van der Waals surface area (Å²) in [6, 6.07) is 3.63. The van der Waals surface area contributed by atoms with E-state index in [-0.39, 0.29) is 23.7 Å². The highest BCUT2D eigenvalue weighted by atomic mass is 16.2. The summed E-state index contributed by atoms with van der Waals surface area (Å²) in [4.78, 5) is 29.3. The van der Waals surface area contributed by atoms with E-state index in [0.29, 0.717) is 13.1 Å². The molecule has 96 valence electrons. The predicted octanol–water partition coefficient (Wildman–Crippen LogP) is 0.681. The highest BCUT2D eigenvalue weighted by molar-refractivity contribution is 6.04. The number of hydrogen-bond donors (Lipinski definition) is 1. The molecule has 2 rings (SSSR count). The van der Waals surface area contributed by atoms with E-state index in [9.17, 15) is 9.59 Å². The molecule has 1 aromatic heterocycles. The second-order valence-corrected chi connectivity index (χ2v) is 4.70. The Morgan fingerprint density at radius 1 is 1.28 bits per heavy atom. The van der Waals surface area contributed by atoms with Crippen molar-refractivity contribution in [1.82, 2.24) is 9.88 Å². The molecule has 2 N–H and O–H groups in total. The van der Waals surface area contributed by atoms with Crippen LogP contribution in [-0.4, -0.2) is 21.7 Å². The molecular formula is C13H17N3O2. The highest BCUT2D eigenvalue weighted by Crippen LogP contribution is 2.26. The molecule has 0 aromatic carbocycles. The smallest absolute Gasteiger partial charge is 0.233 e. The van der Waals surface area contributed by atoms with Crippen LogP contribution in [0.3, 0.4) is 0 Å². The van der Waals surface area contributed by atoms with Crippen LogP contribution in [0.1, 0.15) is 25.1 Å². The zero-order chi connectivity index (χ0) is 13.3. The molecule has 0 saturated carbocycles. The van der Waals surface area contributed by atoms with Gasteiger partial charge in [-0.05, 0) is 17.7 Å². The first-order chi connectivity index (χ1) is 8.54. The molecule has 5 nitrogen and oxygen atoms in total. The maximum Gasteiger partial charge on any atom is 0.233 e. The van der Waals surface area contributed by atoms with Gasteiger partial charge in [0.25, 0.3) is 0 Å². The van der Waals surface area contributed by atoms with Crippen LogP contribution in [-0.2, 0) is 22.7 Å².